The van der Waals surface area contributed by atoms with Crippen molar-refractivity contribution in [1.29, 1.82) is 0 Å². The molecule has 172 valence electrons. The smallest absolute Gasteiger partial charge is 0.261 e. The van der Waals surface area contributed by atoms with Crippen LogP contribution in [-0.4, -0.2) is 57.0 Å². The molecule has 4 rings (SSSR count). The van der Waals surface area contributed by atoms with E-state index < -0.39 is 0 Å². The molecule has 8 heteroatoms. The van der Waals surface area contributed by atoms with E-state index in [1.54, 1.807) is 36.0 Å². The average Bonchev–Trinajstić information content (AvgIpc) is 3.25. The predicted molar refractivity (Wildman–Crippen MR) is 127 cm³/mol. The lowest BCUT2D eigenvalue weighted by Crippen LogP contribution is -2.29. The number of hydrogen-bond acceptors (Lipinski definition) is 6. The van der Waals surface area contributed by atoms with E-state index in [-0.39, 0.29) is 18.4 Å². The van der Waals surface area contributed by atoms with Gasteiger partial charge in [-0.05, 0) is 56.6 Å². The Bertz CT molecular complexity index is 1120. The molecule has 1 aliphatic heterocycles. The van der Waals surface area contributed by atoms with Gasteiger partial charge in [-0.3, -0.25) is 14.5 Å². The molecule has 0 aliphatic carbocycles. The highest BCUT2D eigenvalue weighted by Gasteiger charge is 2.35. The summed E-state index contributed by atoms with van der Waals surface area (Å²) in [6.07, 6.45) is 3.10. The highest BCUT2D eigenvalue weighted by molar-refractivity contribution is 6.21. The van der Waals surface area contributed by atoms with Gasteiger partial charge >= 0.3 is 0 Å². The Kier molecular flexibility index (Phi) is 6.84. The maximum Gasteiger partial charge on any atom is 0.261 e. The number of aryl methyl sites for hydroxylation is 2. The molecule has 0 bridgehead atoms. The lowest BCUT2D eigenvalue weighted by atomic mass is 10.1. The van der Waals surface area contributed by atoms with Crippen LogP contribution >= 0.6 is 0 Å². The molecule has 8 nitrogen and oxygen atoms in total. The largest absolute Gasteiger partial charge is 0.354 e. The van der Waals surface area contributed by atoms with Crippen molar-refractivity contribution in [2.75, 3.05) is 26.0 Å². The second-order valence-electron chi connectivity index (χ2n) is 8.66. The fourth-order valence-corrected chi connectivity index (χ4v) is 4.09. The summed E-state index contributed by atoms with van der Waals surface area (Å²) in [5.74, 6) is 0.473. The third-order valence-corrected chi connectivity index (χ3v) is 5.65. The minimum atomic E-state index is -0.299. The monoisotopic (exact) mass is 446 g/mol. The van der Waals surface area contributed by atoms with Gasteiger partial charge in [0.15, 0.2) is 5.82 Å². The van der Waals surface area contributed by atoms with Crippen molar-refractivity contribution < 1.29 is 9.59 Å². The number of nitrogens with zero attached hydrogens (tertiary/aromatic N) is 5. The molecule has 0 fully saturated rings. The third kappa shape index (κ3) is 5.28. The SMILES string of the molecule is CN(C)Cc1cccc(CCCCNc2nc(CN3C(=O)c4ccccc4C3=O)nn2C)c1. The van der Waals surface area contributed by atoms with Crippen molar-refractivity contribution in [2.24, 2.45) is 7.05 Å². The summed E-state index contributed by atoms with van der Waals surface area (Å²) in [5, 5.41) is 7.69. The number of amides is 2. The molecule has 0 spiro atoms. The van der Waals surface area contributed by atoms with Crippen LogP contribution in [0.5, 0.6) is 0 Å². The number of rotatable bonds is 10. The molecular weight excluding hydrogens is 416 g/mol. The van der Waals surface area contributed by atoms with Gasteiger partial charge in [0, 0.05) is 20.1 Å². The highest BCUT2D eigenvalue weighted by Crippen LogP contribution is 2.23. The first kappa shape index (κ1) is 22.7. The summed E-state index contributed by atoms with van der Waals surface area (Å²) >= 11 is 0. The van der Waals surface area contributed by atoms with Gasteiger partial charge < -0.3 is 10.2 Å². The van der Waals surface area contributed by atoms with E-state index in [4.69, 9.17) is 0 Å². The zero-order valence-electron chi connectivity index (χ0n) is 19.4. The molecule has 33 heavy (non-hydrogen) atoms. The molecular formula is C25H30N6O2. The molecule has 2 heterocycles. The normalized spacial score (nSPS) is 13.2. The standard InChI is InChI=1S/C25H30N6O2/c1-29(2)16-19-11-8-10-18(15-19)9-6-7-14-26-25-27-22(28-30(25)3)17-31-23(32)20-12-4-5-13-21(20)24(31)33/h4-5,8,10-13,15H,6-7,9,14,16-17H2,1-3H3,(H,26,27,28). The quantitative estimate of drug-likeness (QED) is 0.381. The Morgan fingerprint density at radius 2 is 1.64 bits per heavy atom. The van der Waals surface area contributed by atoms with Crippen molar-refractivity contribution in [3.05, 3.63) is 76.6 Å². The summed E-state index contributed by atoms with van der Waals surface area (Å²) in [4.78, 5) is 33.0. The number of carbonyl (C=O) groups is 2. The molecule has 0 radical (unpaired) electrons. The number of carbonyl (C=O) groups excluding carboxylic acids is 2. The van der Waals surface area contributed by atoms with Gasteiger partial charge in [0.25, 0.3) is 11.8 Å². The number of aromatic nitrogens is 3. The van der Waals surface area contributed by atoms with Gasteiger partial charge in [0.05, 0.1) is 17.7 Å². The van der Waals surface area contributed by atoms with Gasteiger partial charge in [-0.15, -0.1) is 0 Å². The van der Waals surface area contributed by atoms with E-state index in [1.807, 2.05) is 0 Å². The van der Waals surface area contributed by atoms with Crippen molar-refractivity contribution in [2.45, 2.75) is 32.4 Å². The summed E-state index contributed by atoms with van der Waals surface area (Å²) in [5.41, 5.74) is 3.56. The minimum Gasteiger partial charge on any atom is -0.354 e. The summed E-state index contributed by atoms with van der Waals surface area (Å²) in [6, 6.07) is 15.6. The van der Waals surface area contributed by atoms with Gasteiger partial charge in [0.2, 0.25) is 5.95 Å². The maximum atomic E-state index is 12.6. The Hall–Kier alpha value is -3.52. The van der Waals surface area contributed by atoms with E-state index in [1.165, 1.54) is 16.0 Å². The average molecular weight is 447 g/mol. The van der Waals surface area contributed by atoms with Crippen LogP contribution in [0.2, 0.25) is 0 Å². The van der Waals surface area contributed by atoms with Crippen LogP contribution < -0.4 is 5.32 Å². The number of nitrogens with one attached hydrogen (secondary N) is 1. The predicted octanol–water partition coefficient (Wildman–Crippen LogP) is 3.11. The van der Waals surface area contributed by atoms with Crippen molar-refractivity contribution in [1.82, 2.24) is 24.6 Å². The lowest BCUT2D eigenvalue weighted by Gasteiger charge is -2.11. The Morgan fingerprint density at radius 1 is 0.939 bits per heavy atom. The van der Waals surface area contributed by atoms with Gasteiger partial charge in [-0.1, -0.05) is 36.4 Å². The molecule has 1 aromatic heterocycles. The zero-order chi connectivity index (χ0) is 23.4. The van der Waals surface area contributed by atoms with Crippen molar-refractivity contribution >= 4 is 17.8 Å². The van der Waals surface area contributed by atoms with Crippen LogP contribution in [0.4, 0.5) is 5.95 Å². The Labute approximate surface area is 194 Å². The van der Waals surface area contributed by atoms with Crippen molar-refractivity contribution in [3.63, 3.8) is 0 Å². The van der Waals surface area contributed by atoms with Crippen LogP contribution in [0, 0.1) is 0 Å². The molecule has 1 aliphatic rings. The van der Waals surface area contributed by atoms with Gasteiger partial charge in [0.1, 0.15) is 0 Å². The fraction of sp³-hybridized carbons (Fsp3) is 0.360. The fourth-order valence-electron chi connectivity index (χ4n) is 4.09. The number of fused-ring (bicyclic) bond motifs is 1. The number of hydrogen-bond donors (Lipinski definition) is 1. The minimum absolute atomic E-state index is 0.0607. The number of benzene rings is 2. The topological polar surface area (TPSA) is 83.4 Å². The Morgan fingerprint density at radius 3 is 2.33 bits per heavy atom. The second-order valence-corrected chi connectivity index (χ2v) is 8.66. The molecule has 0 atom stereocenters. The molecule has 2 aromatic carbocycles. The van der Waals surface area contributed by atoms with Crippen LogP contribution in [0.25, 0.3) is 0 Å². The van der Waals surface area contributed by atoms with E-state index in [2.05, 4.69) is 58.7 Å². The second kappa shape index (κ2) is 9.95. The molecule has 0 saturated heterocycles. The summed E-state index contributed by atoms with van der Waals surface area (Å²) in [6.45, 7) is 1.78. The maximum absolute atomic E-state index is 12.6. The van der Waals surface area contributed by atoms with Crippen LogP contribution in [-0.2, 0) is 26.6 Å². The zero-order valence-corrected chi connectivity index (χ0v) is 19.4. The van der Waals surface area contributed by atoms with Crippen LogP contribution in [0.15, 0.2) is 48.5 Å². The highest BCUT2D eigenvalue weighted by atomic mass is 16.2. The van der Waals surface area contributed by atoms with E-state index in [9.17, 15) is 9.59 Å². The first-order valence-corrected chi connectivity index (χ1v) is 11.2. The van der Waals surface area contributed by atoms with E-state index in [0.717, 1.165) is 32.4 Å². The third-order valence-electron chi connectivity index (χ3n) is 5.65. The van der Waals surface area contributed by atoms with Gasteiger partial charge in [-0.2, -0.15) is 10.1 Å². The Balaban J connectivity index is 1.26. The summed E-state index contributed by atoms with van der Waals surface area (Å²) < 4.78 is 1.65. The number of unbranched alkanes of at least 4 members (excludes halogenated alkanes) is 1. The number of imide groups is 1. The molecule has 0 saturated carbocycles. The van der Waals surface area contributed by atoms with Gasteiger partial charge in [-0.25, -0.2) is 4.68 Å². The lowest BCUT2D eigenvalue weighted by molar-refractivity contribution is 0.0638. The first-order chi connectivity index (χ1) is 15.9. The number of anilines is 1. The summed E-state index contributed by atoms with van der Waals surface area (Å²) in [7, 11) is 5.96. The van der Waals surface area contributed by atoms with Crippen LogP contribution in [0.1, 0.15) is 50.5 Å². The van der Waals surface area contributed by atoms with E-state index >= 15 is 0 Å². The molecule has 2 amide bonds. The first-order valence-electron chi connectivity index (χ1n) is 11.2. The molecule has 0 unspecified atom stereocenters. The van der Waals surface area contributed by atoms with E-state index in [0.29, 0.717) is 22.9 Å². The van der Waals surface area contributed by atoms with Crippen molar-refractivity contribution in [3.8, 4) is 0 Å². The molecule has 1 N–H and O–H groups in total. The molecule has 3 aromatic rings. The van der Waals surface area contributed by atoms with Crippen LogP contribution in [0.3, 0.4) is 0 Å².